The summed E-state index contributed by atoms with van der Waals surface area (Å²) >= 11 is 0. The molecule has 0 unspecified atom stereocenters. The van der Waals surface area contributed by atoms with Crippen LogP contribution in [0.15, 0.2) is 72.9 Å². The number of carbonyl (C=O) groups excluding carboxylic acids is 2. The summed E-state index contributed by atoms with van der Waals surface area (Å²) in [5, 5.41) is 6.42. The normalized spacial score (nSPS) is 17.6. The third kappa shape index (κ3) is 5.91. The lowest BCUT2D eigenvalue weighted by Gasteiger charge is -2.38. The smallest absolute Gasteiger partial charge is 0.247 e. The minimum absolute atomic E-state index is 0.0928. The minimum Gasteiger partial charge on any atom is -0.357 e. The van der Waals surface area contributed by atoms with Gasteiger partial charge in [-0.1, -0.05) is 67.1 Å². The molecule has 2 heterocycles. The number of hydrogen-bond acceptors (Lipinski definition) is 5. The number of rotatable bonds is 8. The maximum absolute atomic E-state index is 13.4. The fraction of sp³-hybridized carbons (Fsp3) is 0.345. The molecule has 1 aliphatic heterocycles. The van der Waals surface area contributed by atoms with Gasteiger partial charge in [0.2, 0.25) is 11.8 Å². The van der Waals surface area contributed by atoms with E-state index in [-0.39, 0.29) is 23.8 Å². The van der Waals surface area contributed by atoms with Crippen molar-refractivity contribution in [3.05, 3.63) is 89.6 Å². The Balaban J connectivity index is 1.44. The number of aromatic nitrogens is 1. The van der Waals surface area contributed by atoms with Crippen LogP contribution in [0.2, 0.25) is 0 Å². The van der Waals surface area contributed by atoms with Gasteiger partial charge in [-0.15, -0.1) is 0 Å². The van der Waals surface area contributed by atoms with Gasteiger partial charge in [-0.3, -0.25) is 9.59 Å². The molecule has 1 aliphatic rings. The Hall–Kier alpha value is -3.71. The number of aryl methyl sites for hydroxylation is 1. The van der Waals surface area contributed by atoms with E-state index in [9.17, 15) is 9.59 Å². The van der Waals surface area contributed by atoms with Crippen LogP contribution in [0.25, 0.3) is 0 Å². The second-order valence-electron chi connectivity index (χ2n) is 9.58. The van der Waals surface area contributed by atoms with Gasteiger partial charge >= 0.3 is 0 Å². The largest absolute Gasteiger partial charge is 0.357 e. The summed E-state index contributed by atoms with van der Waals surface area (Å²) in [6.45, 7) is 8.21. The summed E-state index contributed by atoms with van der Waals surface area (Å²) in [7, 11) is 1.83. The number of amides is 2. The average molecular weight is 486 g/mol. The molecule has 188 valence electrons. The van der Waals surface area contributed by atoms with Crippen molar-refractivity contribution >= 4 is 23.3 Å². The van der Waals surface area contributed by atoms with Gasteiger partial charge < -0.3 is 20.4 Å². The molecule has 0 bridgehead atoms. The van der Waals surface area contributed by atoms with Gasteiger partial charge in [-0.05, 0) is 43.0 Å². The molecule has 4 rings (SSSR count). The first-order chi connectivity index (χ1) is 17.3. The van der Waals surface area contributed by atoms with Crippen molar-refractivity contribution in [3.63, 3.8) is 0 Å². The van der Waals surface area contributed by atoms with Gasteiger partial charge in [0.05, 0.1) is 11.9 Å². The number of carbonyl (C=O) groups is 2. The van der Waals surface area contributed by atoms with Crippen LogP contribution in [0.5, 0.6) is 0 Å². The topological polar surface area (TPSA) is 77.6 Å². The summed E-state index contributed by atoms with van der Waals surface area (Å²) in [6.07, 6.45) is 1.72. The summed E-state index contributed by atoms with van der Waals surface area (Å²) in [6, 6.07) is 21.2. The number of nitrogens with one attached hydrogen (secondary N) is 2. The first-order valence-corrected chi connectivity index (χ1v) is 12.5. The average Bonchev–Trinajstić information content (AvgIpc) is 2.89. The van der Waals surface area contributed by atoms with Gasteiger partial charge in [0.25, 0.3) is 0 Å². The van der Waals surface area contributed by atoms with Crippen molar-refractivity contribution < 1.29 is 9.59 Å². The Morgan fingerprint density at radius 1 is 1.03 bits per heavy atom. The molecule has 7 nitrogen and oxygen atoms in total. The van der Waals surface area contributed by atoms with E-state index in [1.807, 2.05) is 55.3 Å². The Bertz CT molecular complexity index is 1160. The molecular weight excluding hydrogens is 450 g/mol. The van der Waals surface area contributed by atoms with Crippen molar-refractivity contribution in [3.8, 4) is 0 Å². The fourth-order valence-electron chi connectivity index (χ4n) is 4.51. The predicted molar refractivity (Wildman–Crippen MR) is 144 cm³/mol. The Morgan fingerprint density at radius 2 is 1.75 bits per heavy atom. The molecule has 1 fully saturated rings. The Kier molecular flexibility index (Phi) is 8.00. The van der Waals surface area contributed by atoms with Crippen LogP contribution in [-0.4, -0.2) is 54.4 Å². The van der Waals surface area contributed by atoms with Crippen LogP contribution in [0.4, 0.5) is 11.5 Å². The van der Waals surface area contributed by atoms with Crippen molar-refractivity contribution in [2.24, 2.45) is 0 Å². The Labute approximate surface area is 213 Å². The molecular formula is C29H35N5O2. The van der Waals surface area contributed by atoms with Crippen LogP contribution in [-0.2, 0) is 9.59 Å². The number of pyridine rings is 1. The summed E-state index contributed by atoms with van der Waals surface area (Å²) < 4.78 is 0. The third-order valence-corrected chi connectivity index (χ3v) is 6.88. The van der Waals surface area contributed by atoms with Crippen molar-refractivity contribution in [2.45, 2.75) is 38.8 Å². The highest BCUT2D eigenvalue weighted by atomic mass is 16.2. The molecule has 3 atom stereocenters. The Morgan fingerprint density at radius 3 is 2.42 bits per heavy atom. The van der Waals surface area contributed by atoms with Crippen LogP contribution in [0.1, 0.15) is 42.5 Å². The predicted octanol–water partition coefficient (Wildman–Crippen LogP) is 4.13. The first kappa shape index (κ1) is 25.4. The number of anilines is 2. The van der Waals surface area contributed by atoms with E-state index in [0.29, 0.717) is 18.9 Å². The van der Waals surface area contributed by atoms with E-state index in [4.69, 9.17) is 0 Å². The highest BCUT2D eigenvalue weighted by Crippen LogP contribution is 2.23. The van der Waals surface area contributed by atoms with Gasteiger partial charge in [0.15, 0.2) is 0 Å². The number of nitrogens with zero attached hydrogens (tertiary/aromatic N) is 3. The molecule has 1 saturated heterocycles. The number of hydrogen-bond donors (Lipinski definition) is 2. The van der Waals surface area contributed by atoms with Gasteiger partial charge in [0, 0.05) is 26.7 Å². The first-order valence-electron chi connectivity index (χ1n) is 12.5. The number of piperazine rings is 1. The molecule has 7 heteroatoms. The maximum atomic E-state index is 13.4. The number of likely N-dealkylation sites (N-methyl/N-ethyl adjacent to an activating group) is 1. The molecule has 0 spiro atoms. The molecule has 36 heavy (non-hydrogen) atoms. The van der Waals surface area contributed by atoms with E-state index in [1.165, 1.54) is 11.1 Å². The molecule has 2 aromatic carbocycles. The monoisotopic (exact) mass is 485 g/mol. The molecule has 3 aromatic rings. The quantitative estimate of drug-likeness (QED) is 0.502. The van der Waals surface area contributed by atoms with E-state index in [0.717, 1.165) is 17.8 Å². The minimum atomic E-state index is -0.518. The van der Waals surface area contributed by atoms with Crippen LogP contribution < -0.4 is 15.5 Å². The van der Waals surface area contributed by atoms with E-state index in [2.05, 4.69) is 53.7 Å². The lowest BCUT2D eigenvalue weighted by molar-refractivity contribution is -0.132. The maximum Gasteiger partial charge on any atom is 0.247 e. The van der Waals surface area contributed by atoms with E-state index < -0.39 is 6.04 Å². The molecule has 1 aromatic heterocycles. The standard InChI is InChI=1S/C29H35N5O2/c1-20-10-12-23(13-11-20)21(2)18-31-27(24-8-6-5-7-9-24)28(35)32-26-15-14-25(19-30-26)34-17-16-33(4)29(36)22(34)3/h5-15,19,21-22,27,31H,16-18H2,1-4H3,(H,30,32,35)/t21-,22+,27+/m1/s1. The number of benzene rings is 2. The summed E-state index contributed by atoms with van der Waals surface area (Å²) in [5.74, 6) is 0.650. The van der Waals surface area contributed by atoms with Crippen LogP contribution in [0.3, 0.4) is 0 Å². The van der Waals surface area contributed by atoms with Gasteiger partial charge in [-0.2, -0.15) is 0 Å². The molecule has 2 amide bonds. The van der Waals surface area contributed by atoms with E-state index in [1.54, 1.807) is 17.2 Å². The molecule has 0 saturated carbocycles. The van der Waals surface area contributed by atoms with Crippen molar-refractivity contribution in [1.29, 1.82) is 0 Å². The fourth-order valence-corrected chi connectivity index (χ4v) is 4.51. The zero-order valence-electron chi connectivity index (χ0n) is 21.4. The highest BCUT2D eigenvalue weighted by molar-refractivity contribution is 5.95. The highest BCUT2D eigenvalue weighted by Gasteiger charge is 2.29. The molecule has 0 radical (unpaired) electrons. The van der Waals surface area contributed by atoms with Crippen molar-refractivity contribution in [1.82, 2.24) is 15.2 Å². The molecule has 2 N–H and O–H groups in total. The second kappa shape index (κ2) is 11.4. The lowest BCUT2D eigenvalue weighted by atomic mass is 9.98. The zero-order valence-corrected chi connectivity index (χ0v) is 21.4. The zero-order chi connectivity index (χ0) is 25.7. The third-order valence-electron chi connectivity index (χ3n) is 6.88. The molecule has 0 aliphatic carbocycles. The van der Waals surface area contributed by atoms with E-state index >= 15 is 0 Å². The second-order valence-corrected chi connectivity index (χ2v) is 9.58. The van der Waals surface area contributed by atoms with Crippen LogP contribution >= 0.6 is 0 Å². The lowest BCUT2D eigenvalue weighted by Crippen LogP contribution is -2.54. The van der Waals surface area contributed by atoms with Crippen molar-refractivity contribution in [2.75, 3.05) is 36.9 Å². The summed E-state index contributed by atoms with van der Waals surface area (Å²) in [5.41, 5.74) is 4.22. The van der Waals surface area contributed by atoms with Gasteiger partial charge in [0.1, 0.15) is 17.9 Å². The van der Waals surface area contributed by atoms with Crippen LogP contribution in [0, 0.1) is 6.92 Å². The van der Waals surface area contributed by atoms with Gasteiger partial charge in [-0.25, -0.2) is 4.98 Å². The SMILES string of the molecule is Cc1ccc([C@H](C)CN[C@H](C(=O)Nc2ccc(N3CCN(C)C(=O)[C@@H]3C)cn2)c2ccccc2)cc1. The summed E-state index contributed by atoms with van der Waals surface area (Å²) in [4.78, 5) is 34.0.